The Balaban J connectivity index is 1.40. The van der Waals surface area contributed by atoms with E-state index in [9.17, 15) is 4.79 Å². The summed E-state index contributed by atoms with van der Waals surface area (Å²) in [6.45, 7) is 1.73. The Bertz CT molecular complexity index is 1170. The van der Waals surface area contributed by atoms with E-state index >= 15 is 0 Å². The standard InChI is InChI=1S/C22H23N5OS/c1-26(19-12-11-15-7-3-4-9-17(15)24-19)13-6-14-27(2)22-25-20-16(21(23)28)8-5-10-18(20)29-22/h3-5,7-12H,6,13-14H2,1-2H3,(H2,23,28). The number of thiazole rings is 1. The van der Waals surface area contributed by atoms with Crippen molar-refractivity contribution in [1.82, 2.24) is 9.97 Å². The van der Waals surface area contributed by atoms with Crippen LogP contribution in [0.4, 0.5) is 10.9 Å². The molecule has 0 unspecified atom stereocenters. The van der Waals surface area contributed by atoms with Gasteiger partial charge in [0.2, 0.25) is 0 Å². The quantitative estimate of drug-likeness (QED) is 0.505. The predicted molar refractivity (Wildman–Crippen MR) is 121 cm³/mol. The highest BCUT2D eigenvalue weighted by Crippen LogP contribution is 2.30. The first-order valence-electron chi connectivity index (χ1n) is 9.50. The van der Waals surface area contributed by atoms with Gasteiger partial charge in [0.1, 0.15) is 5.82 Å². The van der Waals surface area contributed by atoms with Gasteiger partial charge < -0.3 is 15.5 Å². The Labute approximate surface area is 173 Å². The Morgan fingerprint density at radius 2 is 1.76 bits per heavy atom. The predicted octanol–water partition coefficient (Wildman–Crippen LogP) is 3.91. The summed E-state index contributed by atoms with van der Waals surface area (Å²) < 4.78 is 0.973. The highest BCUT2D eigenvalue weighted by atomic mass is 32.1. The molecule has 7 heteroatoms. The molecule has 0 bridgehead atoms. The van der Waals surface area contributed by atoms with Gasteiger partial charge in [0, 0.05) is 32.6 Å². The summed E-state index contributed by atoms with van der Waals surface area (Å²) in [5.41, 5.74) is 7.63. The Hall–Kier alpha value is -3.19. The van der Waals surface area contributed by atoms with Crippen LogP contribution in [0.3, 0.4) is 0 Å². The van der Waals surface area contributed by atoms with Crippen LogP contribution in [0.25, 0.3) is 21.1 Å². The molecule has 0 fully saturated rings. The molecule has 0 saturated heterocycles. The van der Waals surface area contributed by atoms with E-state index < -0.39 is 5.91 Å². The fraction of sp³-hybridized carbons (Fsp3) is 0.227. The smallest absolute Gasteiger partial charge is 0.250 e. The summed E-state index contributed by atoms with van der Waals surface area (Å²) in [6.07, 6.45) is 0.958. The number of hydrogen-bond donors (Lipinski definition) is 1. The van der Waals surface area contributed by atoms with Crippen molar-refractivity contribution in [1.29, 1.82) is 0 Å². The molecule has 2 N–H and O–H groups in total. The van der Waals surface area contributed by atoms with E-state index in [0.29, 0.717) is 11.1 Å². The number of aromatic nitrogens is 2. The van der Waals surface area contributed by atoms with Gasteiger partial charge in [0.05, 0.1) is 21.3 Å². The number of pyridine rings is 1. The molecule has 0 aliphatic rings. The SMILES string of the molecule is CN(CCCN(C)c1nc2c(C(N)=O)cccc2s1)c1ccc2ccccc2n1. The van der Waals surface area contributed by atoms with E-state index in [0.717, 1.165) is 46.1 Å². The van der Waals surface area contributed by atoms with Crippen molar-refractivity contribution in [2.45, 2.75) is 6.42 Å². The minimum absolute atomic E-state index is 0.445. The number of amides is 1. The van der Waals surface area contributed by atoms with Gasteiger partial charge in [-0.3, -0.25) is 4.79 Å². The lowest BCUT2D eigenvalue weighted by Crippen LogP contribution is -2.25. The normalized spacial score (nSPS) is 11.1. The third-order valence-corrected chi connectivity index (χ3v) is 6.10. The van der Waals surface area contributed by atoms with Crippen LogP contribution in [0, 0.1) is 0 Å². The number of fused-ring (bicyclic) bond motifs is 2. The molecule has 0 spiro atoms. The number of rotatable bonds is 7. The first kappa shape index (κ1) is 19.1. The maximum atomic E-state index is 11.6. The summed E-state index contributed by atoms with van der Waals surface area (Å²) in [4.78, 5) is 25.3. The first-order chi connectivity index (χ1) is 14.0. The molecule has 0 atom stereocenters. The molecule has 4 aromatic rings. The molecule has 1 amide bonds. The van der Waals surface area contributed by atoms with Crippen LogP contribution in [0.2, 0.25) is 0 Å². The molecular formula is C22H23N5OS. The van der Waals surface area contributed by atoms with E-state index in [2.05, 4.69) is 40.0 Å². The number of hydrogen-bond acceptors (Lipinski definition) is 6. The molecule has 2 aromatic heterocycles. The second kappa shape index (κ2) is 8.05. The number of anilines is 2. The van der Waals surface area contributed by atoms with E-state index in [4.69, 9.17) is 10.7 Å². The van der Waals surface area contributed by atoms with Crippen LogP contribution in [-0.4, -0.2) is 43.1 Å². The van der Waals surface area contributed by atoms with Gasteiger partial charge in [-0.25, -0.2) is 9.97 Å². The number of nitrogens with two attached hydrogens (primary N) is 1. The van der Waals surface area contributed by atoms with Crippen molar-refractivity contribution in [2.75, 3.05) is 37.0 Å². The van der Waals surface area contributed by atoms with Crippen molar-refractivity contribution in [3.63, 3.8) is 0 Å². The van der Waals surface area contributed by atoms with Gasteiger partial charge in [0.25, 0.3) is 5.91 Å². The highest BCUT2D eigenvalue weighted by molar-refractivity contribution is 7.22. The zero-order valence-corrected chi connectivity index (χ0v) is 17.3. The van der Waals surface area contributed by atoms with Crippen LogP contribution >= 0.6 is 11.3 Å². The molecule has 4 rings (SSSR count). The molecule has 6 nitrogen and oxygen atoms in total. The largest absolute Gasteiger partial charge is 0.366 e. The van der Waals surface area contributed by atoms with Crippen LogP contribution < -0.4 is 15.5 Å². The van der Waals surface area contributed by atoms with Crippen molar-refractivity contribution < 1.29 is 4.79 Å². The average molecular weight is 406 g/mol. The average Bonchev–Trinajstić information content (AvgIpc) is 3.17. The number of carbonyl (C=O) groups excluding carboxylic acids is 1. The first-order valence-corrected chi connectivity index (χ1v) is 10.3. The summed E-state index contributed by atoms with van der Waals surface area (Å²) in [7, 11) is 4.09. The minimum atomic E-state index is -0.445. The van der Waals surface area contributed by atoms with Crippen LogP contribution in [0.15, 0.2) is 54.6 Å². The summed E-state index contributed by atoms with van der Waals surface area (Å²) in [5.74, 6) is 0.525. The van der Waals surface area contributed by atoms with Crippen LogP contribution in [0.1, 0.15) is 16.8 Å². The third-order valence-electron chi connectivity index (χ3n) is 4.96. The van der Waals surface area contributed by atoms with Gasteiger partial charge in [0.15, 0.2) is 5.13 Å². The van der Waals surface area contributed by atoms with Gasteiger partial charge >= 0.3 is 0 Å². The maximum absolute atomic E-state index is 11.6. The Morgan fingerprint density at radius 1 is 0.966 bits per heavy atom. The fourth-order valence-electron chi connectivity index (χ4n) is 3.32. The van der Waals surface area contributed by atoms with Gasteiger partial charge in [-0.05, 0) is 36.8 Å². The number of nitrogens with zero attached hydrogens (tertiary/aromatic N) is 4. The Morgan fingerprint density at radius 3 is 2.59 bits per heavy atom. The lowest BCUT2D eigenvalue weighted by atomic mass is 10.2. The monoisotopic (exact) mass is 405 g/mol. The summed E-state index contributed by atoms with van der Waals surface area (Å²) in [6, 6.07) is 17.8. The zero-order valence-electron chi connectivity index (χ0n) is 16.5. The Kier molecular flexibility index (Phi) is 5.31. The number of benzene rings is 2. The summed E-state index contributed by atoms with van der Waals surface area (Å²) >= 11 is 1.57. The van der Waals surface area contributed by atoms with Crippen molar-refractivity contribution in [2.24, 2.45) is 5.73 Å². The number of carbonyl (C=O) groups is 1. The van der Waals surface area contributed by atoms with Crippen molar-refractivity contribution >= 4 is 49.3 Å². The van der Waals surface area contributed by atoms with Crippen molar-refractivity contribution in [3.05, 3.63) is 60.2 Å². The lowest BCUT2D eigenvalue weighted by Gasteiger charge is -2.21. The number of primary amides is 1. The van der Waals surface area contributed by atoms with E-state index in [1.165, 1.54) is 0 Å². The summed E-state index contributed by atoms with van der Waals surface area (Å²) in [5, 5.41) is 2.04. The van der Waals surface area contributed by atoms with Crippen molar-refractivity contribution in [3.8, 4) is 0 Å². The maximum Gasteiger partial charge on any atom is 0.250 e. The van der Waals surface area contributed by atoms with E-state index in [-0.39, 0.29) is 0 Å². The van der Waals surface area contributed by atoms with Crippen LogP contribution in [0.5, 0.6) is 0 Å². The topological polar surface area (TPSA) is 75.3 Å². The molecule has 0 saturated carbocycles. The van der Waals surface area contributed by atoms with Gasteiger partial charge in [-0.1, -0.05) is 35.6 Å². The molecule has 0 radical (unpaired) electrons. The lowest BCUT2D eigenvalue weighted by molar-refractivity contribution is 0.100. The molecule has 0 aliphatic heterocycles. The van der Waals surface area contributed by atoms with E-state index in [1.807, 2.05) is 37.4 Å². The highest BCUT2D eigenvalue weighted by Gasteiger charge is 2.14. The fourth-order valence-corrected chi connectivity index (χ4v) is 4.30. The second-order valence-electron chi connectivity index (χ2n) is 7.07. The molecular weight excluding hydrogens is 382 g/mol. The molecule has 29 heavy (non-hydrogen) atoms. The third kappa shape index (κ3) is 4.00. The molecule has 2 aromatic carbocycles. The van der Waals surface area contributed by atoms with Crippen LogP contribution in [-0.2, 0) is 0 Å². The molecule has 0 aliphatic carbocycles. The second-order valence-corrected chi connectivity index (χ2v) is 8.08. The van der Waals surface area contributed by atoms with Gasteiger partial charge in [-0.2, -0.15) is 0 Å². The van der Waals surface area contributed by atoms with E-state index in [1.54, 1.807) is 17.4 Å². The van der Waals surface area contributed by atoms with Gasteiger partial charge in [-0.15, -0.1) is 0 Å². The molecule has 148 valence electrons. The number of para-hydroxylation sites is 2. The minimum Gasteiger partial charge on any atom is -0.366 e. The zero-order chi connectivity index (χ0) is 20.4. The molecule has 2 heterocycles.